The van der Waals surface area contributed by atoms with E-state index in [2.05, 4.69) is 15.3 Å². The van der Waals surface area contributed by atoms with Crippen molar-refractivity contribution in [1.29, 1.82) is 0 Å². The third-order valence-electron chi connectivity index (χ3n) is 5.04. The van der Waals surface area contributed by atoms with Crippen molar-refractivity contribution in [3.8, 4) is 22.9 Å². The zero-order valence-electron chi connectivity index (χ0n) is 18.7. The Kier molecular flexibility index (Phi) is 6.85. The molecule has 0 saturated carbocycles. The second-order valence-electron chi connectivity index (χ2n) is 7.53. The Morgan fingerprint density at radius 1 is 1.03 bits per heavy atom. The Balaban J connectivity index is 1.54. The predicted molar refractivity (Wildman–Crippen MR) is 134 cm³/mol. The minimum atomic E-state index is 0.410. The first-order chi connectivity index (χ1) is 16.0. The van der Waals surface area contributed by atoms with Crippen LogP contribution in [0.2, 0.25) is 0 Å². The Labute approximate surface area is 197 Å². The molecule has 0 aliphatic rings. The predicted octanol–water partition coefficient (Wildman–Crippen LogP) is 5.14. The highest BCUT2D eigenvalue weighted by Crippen LogP contribution is 2.28. The van der Waals surface area contributed by atoms with E-state index in [0.29, 0.717) is 28.7 Å². The van der Waals surface area contributed by atoms with Crippen LogP contribution in [0.3, 0.4) is 0 Å². The number of hydrogen-bond donors (Lipinski definition) is 1. The van der Waals surface area contributed by atoms with Crippen LogP contribution in [0, 0.1) is 4.77 Å². The second-order valence-corrected chi connectivity index (χ2v) is 7.92. The lowest BCUT2D eigenvalue weighted by Crippen LogP contribution is -2.08. The molecule has 1 N–H and O–H groups in total. The van der Waals surface area contributed by atoms with E-state index < -0.39 is 0 Å². The van der Waals surface area contributed by atoms with Crippen molar-refractivity contribution < 1.29 is 9.47 Å². The van der Waals surface area contributed by atoms with Gasteiger partial charge in [-0.2, -0.15) is 14.9 Å². The van der Waals surface area contributed by atoms with E-state index in [1.807, 2.05) is 91.8 Å². The summed E-state index contributed by atoms with van der Waals surface area (Å²) >= 11 is 5.38. The van der Waals surface area contributed by atoms with E-state index in [0.717, 1.165) is 22.4 Å². The standard InChI is InChI=1S/C25H25N5O2S/c1-29(2)21-12-10-20(11-13-21)24-27-28-25(33)30(24)26-16-19-9-14-22(23(15-19)31-3)32-17-18-7-5-4-6-8-18/h4-16H,17H2,1-3H3,(H,28,33)/b26-16-. The third kappa shape index (κ3) is 5.30. The van der Waals surface area contributed by atoms with Crippen molar-refractivity contribution in [3.63, 3.8) is 0 Å². The van der Waals surface area contributed by atoms with Gasteiger partial charge in [-0.25, -0.2) is 5.10 Å². The van der Waals surface area contributed by atoms with Gasteiger partial charge < -0.3 is 14.4 Å². The highest BCUT2D eigenvalue weighted by molar-refractivity contribution is 7.71. The Morgan fingerprint density at radius 3 is 2.48 bits per heavy atom. The van der Waals surface area contributed by atoms with Crippen molar-refractivity contribution in [2.24, 2.45) is 5.10 Å². The second kappa shape index (κ2) is 10.1. The number of benzene rings is 3. The molecule has 0 fully saturated rings. The van der Waals surface area contributed by atoms with Crippen LogP contribution in [0.25, 0.3) is 11.4 Å². The number of methoxy groups -OCH3 is 1. The summed E-state index contributed by atoms with van der Waals surface area (Å²) in [7, 11) is 5.62. The molecule has 0 saturated heterocycles. The zero-order valence-corrected chi connectivity index (χ0v) is 19.5. The van der Waals surface area contributed by atoms with Crippen LogP contribution in [0.5, 0.6) is 11.5 Å². The first-order valence-corrected chi connectivity index (χ1v) is 10.8. The van der Waals surface area contributed by atoms with Gasteiger partial charge in [0.2, 0.25) is 4.77 Å². The Hall–Kier alpha value is -3.91. The first-order valence-electron chi connectivity index (χ1n) is 10.4. The normalized spacial score (nSPS) is 11.0. The molecule has 0 radical (unpaired) electrons. The van der Waals surface area contributed by atoms with E-state index >= 15 is 0 Å². The number of aromatic nitrogens is 3. The Morgan fingerprint density at radius 2 is 1.79 bits per heavy atom. The fourth-order valence-electron chi connectivity index (χ4n) is 3.24. The number of H-pyrrole nitrogens is 1. The van der Waals surface area contributed by atoms with Gasteiger partial charge >= 0.3 is 0 Å². The van der Waals surface area contributed by atoms with Gasteiger partial charge in [0.1, 0.15) is 6.61 Å². The van der Waals surface area contributed by atoms with Crippen molar-refractivity contribution in [2.45, 2.75) is 6.61 Å². The smallest absolute Gasteiger partial charge is 0.216 e. The van der Waals surface area contributed by atoms with Crippen LogP contribution in [0.1, 0.15) is 11.1 Å². The van der Waals surface area contributed by atoms with Crippen molar-refractivity contribution >= 4 is 24.1 Å². The lowest BCUT2D eigenvalue weighted by atomic mass is 10.2. The van der Waals surface area contributed by atoms with Gasteiger partial charge in [0.05, 0.1) is 13.3 Å². The maximum absolute atomic E-state index is 5.93. The number of aromatic amines is 1. The maximum atomic E-state index is 5.93. The zero-order chi connectivity index (χ0) is 23.2. The molecule has 3 aromatic carbocycles. The van der Waals surface area contributed by atoms with Crippen molar-refractivity contribution in [2.75, 3.05) is 26.1 Å². The van der Waals surface area contributed by atoms with Gasteiger partial charge in [-0.05, 0) is 65.8 Å². The molecule has 0 aliphatic carbocycles. The minimum absolute atomic E-state index is 0.410. The molecule has 1 aromatic heterocycles. The number of anilines is 1. The topological polar surface area (TPSA) is 67.7 Å². The van der Waals surface area contributed by atoms with Gasteiger partial charge in [0.25, 0.3) is 0 Å². The molecule has 0 atom stereocenters. The maximum Gasteiger partial charge on any atom is 0.216 e. The molecule has 4 aromatic rings. The van der Waals surface area contributed by atoms with Crippen LogP contribution < -0.4 is 14.4 Å². The first kappa shape index (κ1) is 22.3. The summed E-state index contributed by atoms with van der Waals surface area (Å²) in [5.41, 5.74) is 3.94. The van der Waals surface area contributed by atoms with E-state index in [9.17, 15) is 0 Å². The molecule has 0 amide bonds. The quantitative estimate of drug-likeness (QED) is 0.292. The summed E-state index contributed by atoms with van der Waals surface area (Å²) < 4.78 is 13.5. The number of rotatable bonds is 8. The molecular formula is C25H25N5O2S. The molecule has 168 valence electrons. The SMILES string of the molecule is COc1cc(/C=N\n2c(-c3ccc(N(C)C)cc3)n[nH]c2=S)ccc1OCc1ccccc1. The van der Waals surface area contributed by atoms with E-state index in [4.69, 9.17) is 21.7 Å². The lowest BCUT2D eigenvalue weighted by molar-refractivity contribution is 0.284. The molecule has 7 nitrogen and oxygen atoms in total. The number of nitrogens with zero attached hydrogens (tertiary/aromatic N) is 4. The summed E-state index contributed by atoms with van der Waals surface area (Å²) in [6.45, 7) is 0.463. The molecule has 33 heavy (non-hydrogen) atoms. The Bertz CT molecular complexity index is 1290. The van der Waals surface area contributed by atoms with Crippen LogP contribution >= 0.6 is 12.2 Å². The number of nitrogens with one attached hydrogen (secondary N) is 1. The van der Waals surface area contributed by atoms with Crippen LogP contribution in [-0.4, -0.2) is 42.3 Å². The summed E-state index contributed by atoms with van der Waals surface area (Å²) in [5, 5.41) is 11.7. The third-order valence-corrected chi connectivity index (χ3v) is 5.30. The minimum Gasteiger partial charge on any atom is -0.493 e. The van der Waals surface area contributed by atoms with E-state index in [1.165, 1.54) is 0 Å². The van der Waals surface area contributed by atoms with Gasteiger partial charge in [-0.15, -0.1) is 0 Å². The highest BCUT2D eigenvalue weighted by Gasteiger charge is 2.09. The molecule has 0 aliphatic heterocycles. The summed E-state index contributed by atoms with van der Waals surface area (Å²) in [4.78, 5) is 2.04. The average molecular weight is 460 g/mol. The van der Waals surface area contributed by atoms with Gasteiger partial charge in [0, 0.05) is 25.3 Å². The number of ether oxygens (including phenoxy) is 2. The molecule has 0 unspecified atom stereocenters. The largest absolute Gasteiger partial charge is 0.493 e. The van der Waals surface area contributed by atoms with Crippen LogP contribution in [-0.2, 0) is 6.61 Å². The van der Waals surface area contributed by atoms with Crippen molar-refractivity contribution in [3.05, 3.63) is 88.7 Å². The molecule has 0 bridgehead atoms. The van der Waals surface area contributed by atoms with Crippen molar-refractivity contribution in [1.82, 2.24) is 14.9 Å². The summed E-state index contributed by atoms with van der Waals surface area (Å²) in [6, 6.07) is 23.7. The fourth-order valence-corrected chi connectivity index (χ4v) is 3.42. The monoisotopic (exact) mass is 459 g/mol. The summed E-state index contributed by atoms with van der Waals surface area (Å²) in [6.07, 6.45) is 1.71. The fraction of sp³-hybridized carbons (Fsp3) is 0.160. The van der Waals surface area contributed by atoms with Gasteiger partial charge in [0.15, 0.2) is 17.3 Å². The van der Waals surface area contributed by atoms with E-state index in [-0.39, 0.29) is 0 Å². The lowest BCUT2D eigenvalue weighted by Gasteiger charge is -2.12. The van der Waals surface area contributed by atoms with Gasteiger partial charge in [-0.3, -0.25) is 0 Å². The molecule has 0 spiro atoms. The molecule has 4 rings (SSSR count). The highest BCUT2D eigenvalue weighted by atomic mass is 32.1. The van der Waals surface area contributed by atoms with Crippen LogP contribution in [0.4, 0.5) is 5.69 Å². The molecule has 8 heteroatoms. The summed E-state index contributed by atoms with van der Waals surface area (Å²) in [5.74, 6) is 1.93. The molecule has 1 heterocycles. The van der Waals surface area contributed by atoms with Crippen LogP contribution in [0.15, 0.2) is 77.9 Å². The molecular weight excluding hydrogens is 434 g/mol. The van der Waals surface area contributed by atoms with Gasteiger partial charge in [-0.1, -0.05) is 30.3 Å². The average Bonchev–Trinajstić information content (AvgIpc) is 3.22. The number of hydrogen-bond acceptors (Lipinski definition) is 6. The van der Waals surface area contributed by atoms with E-state index in [1.54, 1.807) is 18.0 Å².